The van der Waals surface area contributed by atoms with Crippen LogP contribution < -0.4 is 5.32 Å². The minimum atomic E-state index is -3.27. The smallest absolute Gasteiger partial charge is 0.216 e. The van der Waals surface area contributed by atoms with Crippen molar-refractivity contribution in [1.29, 1.82) is 0 Å². The first-order valence-electron chi connectivity index (χ1n) is 9.42. The average molecular weight is 417 g/mol. The van der Waals surface area contributed by atoms with Crippen molar-refractivity contribution in [2.24, 2.45) is 4.99 Å². The predicted octanol–water partition coefficient (Wildman–Crippen LogP) is 1.80. The number of piperazine rings is 1. The molecule has 0 aromatic carbocycles. The summed E-state index contributed by atoms with van der Waals surface area (Å²) in [7, 11) is -1.50. The molecule has 9 heteroatoms. The van der Waals surface area contributed by atoms with E-state index in [-0.39, 0.29) is 18.5 Å². The van der Waals surface area contributed by atoms with Crippen molar-refractivity contribution >= 4 is 27.3 Å². The molecule has 1 unspecified atom stereocenters. The molecule has 0 radical (unpaired) electrons. The number of hydrogen-bond acceptors (Lipinski definition) is 5. The van der Waals surface area contributed by atoms with Gasteiger partial charge in [0, 0.05) is 50.6 Å². The zero-order valence-corrected chi connectivity index (χ0v) is 18.4. The van der Waals surface area contributed by atoms with Gasteiger partial charge in [-0.3, -0.25) is 4.99 Å². The summed E-state index contributed by atoms with van der Waals surface area (Å²) in [4.78, 5) is 7.84. The standard InChI is InChI=1S/C18H32N4O3S2/c1-15(2)25-11-13-27(23,24)22-9-7-21(8-10-22)18(19-4)20-14-16(3)17-6-5-12-26-17/h5-6,12,15-16H,7-11,13-14H2,1-4H3,(H,19,20). The maximum Gasteiger partial charge on any atom is 0.216 e. The van der Waals surface area contributed by atoms with E-state index in [1.165, 1.54) is 4.88 Å². The summed E-state index contributed by atoms with van der Waals surface area (Å²) in [6.07, 6.45) is 0.0445. The minimum Gasteiger partial charge on any atom is -0.378 e. The largest absolute Gasteiger partial charge is 0.378 e. The van der Waals surface area contributed by atoms with Gasteiger partial charge in [-0.25, -0.2) is 8.42 Å². The number of sulfonamides is 1. The lowest BCUT2D eigenvalue weighted by atomic mass is 10.1. The van der Waals surface area contributed by atoms with E-state index in [0.717, 1.165) is 12.5 Å². The monoisotopic (exact) mass is 416 g/mol. The molecule has 1 aromatic heterocycles. The first-order valence-corrected chi connectivity index (χ1v) is 11.9. The lowest BCUT2D eigenvalue weighted by Crippen LogP contribution is -2.54. The summed E-state index contributed by atoms with van der Waals surface area (Å²) in [5.41, 5.74) is 0. The first kappa shape index (κ1) is 22.1. The third kappa shape index (κ3) is 6.74. The Morgan fingerprint density at radius 1 is 1.30 bits per heavy atom. The number of nitrogens with one attached hydrogen (secondary N) is 1. The molecule has 154 valence electrons. The van der Waals surface area contributed by atoms with Gasteiger partial charge in [0.05, 0.1) is 18.5 Å². The van der Waals surface area contributed by atoms with E-state index in [1.807, 2.05) is 13.8 Å². The Bertz CT molecular complexity index is 681. The van der Waals surface area contributed by atoms with Crippen LogP contribution in [-0.2, 0) is 14.8 Å². The third-order valence-corrected chi connectivity index (χ3v) is 7.47. The van der Waals surface area contributed by atoms with Crippen LogP contribution in [0.3, 0.4) is 0 Å². The van der Waals surface area contributed by atoms with Gasteiger partial charge in [-0.2, -0.15) is 4.31 Å². The van der Waals surface area contributed by atoms with Gasteiger partial charge in [0.15, 0.2) is 5.96 Å². The summed E-state index contributed by atoms with van der Waals surface area (Å²) >= 11 is 1.76. The maximum absolute atomic E-state index is 12.4. The van der Waals surface area contributed by atoms with E-state index >= 15 is 0 Å². The zero-order valence-electron chi connectivity index (χ0n) is 16.7. The highest BCUT2D eigenvalue weighted by molar-refractivity contribution is 7.89. The number of thiophene rings is 1. The number of nitrogens with zero attached hydrogens (tertiary/aromatic N) is 3. The molecule has 0 spiro atoms. The van der Waals surface area contributed by atoms with Gasteiger partial charge in [0.25, 0.3) is 0 Å². The highest BCUT2D eigenvalue weighted by Crippen LogP contribution is 2.19. The Morgan fingerprint density at radius 3 is 2.56 bits per heavy atom. The molecule has 1 aliphatic rings. The van der Waals surface area contributed by atoms with Crippen LogP contribution in [0.5, 0.6) is 0 Å². The molecule has 27 heavy (non-hydrogen) atoms. The van der Waals surface area contributed by atoms with Crippen LogP contribution in [0.4, 0.5) is 0 Å². The van der Waals surface area contributed by atoms with Gasteiger partial charge in [-0.15, -0.1) is 11.3 Å². The predicted molar refractivity (Wildman–Crippen MR) is 112 cm³/mol. The van der Waals surface area contributed by atoms with Gasteiger partial charge in [-0.05, 0) is 25.3 Å². The topological polar surface area (TPSA) is 74.2 Å². The summed E-state index contributed by atoms with van der Waals surface area (Å²) in [6, 6.07) is 4.21. The van der Waals surface area contributed by atoms with Crippen LogP contribution in [0.1, 0.15) is 31.6 Å². The summed E-state index contributed by atoms with van der Waals surface area (Å²) in [5.74, 6) is 1.28. The Balaban J connectivity index is 1.80. The Morgan fingerprint density at radius 2 is 2.00 bits per heavy atom. The Kier molecular flexibility index (Phi) is 8.53. The summed E-state index contributed by atoms with van der Waals surface area (Å²) in [5, 5.41) is 5.51. The van der Waals surface area contributed by atoms with Gasteiger partial charge in [0.2, 0.25) is 10.0 Å². The number of hydrogen-bond donors (Lipinski definition) is 1. The fourth-order valence-electron chi connectivity index (χ4n) is 2.95. The molecule has 1 saturated heterocycles. The molecule has 1 aliphatic heterocycles. The highest BCUT2D eigenvalue weighted by Gasteiger charge is 2.28. The van der Waals surface area contributed by atoms with E-state index < -0.39 is 10.0 Å². The van der Waals surface area contributed by atoms with Crippen LogP contribution >= 0.6 is 11.3 Å². The molecule has 2 heterocycles. The number of rotatable bonds is 8. The van der Waals surface area contributed by atoms with Crippen molar-refractivity contribution in [3.8, 4) is 0 Å². The molecule has 1 N–H and O–H groups in total. The van der Waals surface area contributed by atoms with Crippen molar-refractivity contribution in [3.05, 3.63) is 22.4 Å². The molecule has 0 aliphatic carbocycles. The molecule has 0 amide bonds. The van der Waals surface area contributed by atoms with Crippen molar-refractivity contribution in [2.75, 3.05) is 52.1 Å². The Hall–Kier alpha value is -1.16. The molecular formula is C18H32N4O3S2. The Labute approximate surface area is 167 Å². The van der Waals surface area contributed by atoms with Crippen molar-refractivity contribution in [3.63, 3.8) is 0 Å². The van der Waals surface area contributed by atoms with Gasteiger partial charge >= 0.3 is 0 Å². The van der Waals surface area contributed by atoms with Gasteiger partial charge < -0.3 is 15.0 Å². The van der Waals surface area contributed by atoms with E-state index in [4.69, 9.17) is 4.74 Å². The molecule has 1 fully saturated rings. The molecule has 0 bridgehead atoms. The fourth-order valence-corrected chi connectivity index (χ4v) is 5.02. The second-order valence-electron chi connectivity index (χ2n) is 6.97. The van der Waals surface area contributed by atoms with Gasteiger partial charge in [0.1, 0.15) is 0 Å². The van der Waals surface area contributed by atoms with E-state index in [9.17, 15) is 8.42 Å². The van der Waals surface area contributed by atoms with Crippen molar-refractivity contribution < 1.29 is 13.2 Å². The van der Waals surface area contributed by atoms with E-state index in [0.29, 0.717) is 32.1 Å². The second-order valence-corrected chi connectivity index (χ2v) is 10.0. The molecular weight excluding hydrogens is 384 g/mol. The molecule has 1 atom stereocenters. The van der Waals surface area contributed by atoms with E-state index in [1.54, 1.807) is 22.7 Å². The average Bonchev–Trinajstić information content (AvgIpc) is 3.17. The number of aliphatic imine (C=N–C) groups is 1. The minimum absolute atomic E-state index is 0.0382. The van der Waals surface area contributed by atoms with Gasteiger partial charge in [-0.1, -0.05) is 13.0 Å². The molecule has 1 aromatic rings. The third-order valence-electron chi connectivity index (χ3n) is 4.53. The first-order chi connectivity index (χ1) is 12.8. The van der Waals surface area contributed by atoms with Crippen LogP contribution in [0.25, 0.3) is 0 Å². The summed E-state index contributed by atoms with van der Waals surface area (Å²) < 4.78 is 31.8. The van der Waals surface area contributed by atoms with Crippen LogP contribution in [0, 0.1) is 0 Å². The van der Waals surface area contributed by atoms with Crippen LogP contribution in [-0.4, -0.2) is 81.8 Å². The van der Waals surface area contributed by atoms with Crippen molar-refractivity contribution in [1.82, 2.24) is 14.5 Å². The lowest BCUT2D eigenvalue weighted by Gasteiger charge is -2.36. The highest BCUT2D eigenvalue weighted by atomic mass is 32.2. The zero-order chi connectivity index (χ0) is 19.9. The normalized spacial score (nSPS) is 18.1. The van der Waals surface area contributed by atoms with E-state index in [2.05, 4.69) is 39.6 Å². The van der Waals surface area contributed by atoms with Crippen LogP contribution in [0.15, 0.2) is 22.5 Å². The second kappa shape index (κ2) is 10.4. The quantitative estimate of drug-likeness (QED) is 0.517. The van der Waals surface area contributed by atoms with Crippen molar-refractivity contribution in [2.45, 2.75) is 32.8 Å². The molecule has 7 nitrogen and oxygen atoms in total. The number of guanidine groups is 1. The fraction of sp³-hybridized carbons (Fsp3) is 0.722. The summed E-state index contributed by atoms with van der Waals surface area (Å²) in [6.45, 7) is 9.27. The molecule has 2 rings (SSSR count). The number of ether oxygens (including phenoxy) is 1. The maximum atomic E-state index is 12.4. The molecule has 0 saturated carbocycles. The lowest BCUT2D eigenvalue weighted by molar-refractivity contribution is 0.0904. The SMILES string of the molecule is CN=C(NCC(C)c1cccs1)N1CCN(S(=O)(=O)CCOC(C)C)CC1. The van der Waals surface area contributed by atoms with Crippen LogP contribution in [0.2, 0.25) is 0 Å².